The third kappa shape index (κ3) is 4.71. The van der Waals surface area contributed by atoms with E-state index in [-0.39, 0.29) is 18.3 Å². The fraction of sp³-hybridized carbons (Fsp3) is 0.562. The molecule has 1 fully saturated rings. The highest BCUT2D eigenvalue weighted by molar-refractivity contribution is 5.96. The summed E-state index contributed by atoms with van der Waals surface area (Å²) in [6.07, 6.45) is 7.85. The minimum absolute atomic E-state index is 0. The van der Waals surface area contributed by atoms with Crippen molar-refractivity contribution in [1.82, 2.24) is 5.32 Å². The smallest absolute Gasteiger partial charge is 0.251 e. The summed E-state index contributed by atoms with van der Waals surface area (Å²) in [5, 5.41) is 3.02. The second-order valence-electron chi connectivity index (χ2n) is 5.62. The Hall–Kier alpha value is -1.22. The van der Waals surface area contributed by atoms with E-state index in [2.05, 4.69) is 5.32 Å². The molecule has 0 bridgehead atoms. The summed E-state index contributed by atoms with van der Waals surface area (Å²) in [7, 11) is 0. The van der Waals surface area contributed by atoms with Crippen LogP contribution in [0.1, 0.15) is 54.4 Å². The third-order valence-corrected chi connectivity index (χ3v) is 4.07. The SMILES string of the molecule is Cc1ccc(N)cc1C(=O)NCCC1CCCCC1.Cl. The lowest BCUT2D eigenvalue weighted by molar-refractivity contribution is 0.0950. The summed E-state index contributed by atoms with van der Waals surface area (Å²) in [4.78, 5) is 12.1. The zero-order valence-corrected chi connectivity index (χ0v) is 13.0. The van der Waals surface area contributed by atoms with Crippen molar-refractivity contribution in [2.24, 2.45) is 5.92 Å². The van der Waals surface area contributed by atoms with E-state index < -0.39 is 0 Å². The number of hydrogen-bond donors (Lipinski definition) is 2. The maximum absolute atomic E-state index is 12.1. The van der Waals surface area contributed by atoms with Crippen molar-refractivity contribution in [2.45, 2.75) is 45.4 Å². The number of carbonyl (C=O) groups excluding carboxylic acids is 1. The molecule has 0 radical (unpaired) electrons. The van der Waals surface area contributed by atoms with Crippen LogP contribution in [-0.4, -0.2) is 12.5 Å². The average Bonchev–Trinajstić information content (AvgIpc) is 2.42. The summed E-state index contributed by atoms with van der Waals surface area (Å²) in [6.45, 7) is 2.72. The summed E-state index contributed by atoms with van der Waals surface area (Å²) >= 11 is 0. The van der Waals surface area contributed by atoms with Gasteiger partial charge in [0.25, 0.3) is 5.91 Å². The Morgan fingerprint density at radius 1 is 1.30 bits per heavy atom. The van der Waals surface area contributed by atoms with Crippen molar-refractivity contribution in [3.8, 4) is 0 Å². The van der Waals surface area contributed by atoms with Gasteiger partial charge in [-0.15, -0.1) is 12.4 Å². The third-order valence-electron chi connectivity index (χ3n) is 4.07. The standard InChI is InChI=1S/C16H24N2O.ClH/c1-12-7-8-14(17)11-15(12)16(19)18-10-9-13-5-3-2-4-6-13;/h7-8,11,13H,2-6,9-10,17H2,1H3,(H,18,19);1H. The van der Waals surface area contributed by atoms with Gasteiger partial charge in [0, 0.05) is 17.8 Å². The summed E-state index contributed by atoms with van der Waals surface area (Å²) in [5.74, 6) is 0.802. The predicted molar refractivity (Wildman–Crippen MR) is 86.4 cm³/mol. The van der Waals surface area contributed by atoms with Gasteiger partial charge in [-0.05, 0) is 37.0 Å². The number of nitrogens with one attached hydrogen (secondary N) is 1. The lowest BCUT2D eigenvalue weighted by Gasteiger charge is -2.21. The molecule has 1 saturated carbocycles. The summed E-state index contributed by atoms with van der Waals surface area (Å²) in [6, 6.07) is 5.48. The molecule has 0 spiro atoms. The van der Waals surface area contributed by atoms with E-state index in [0.717, 1.165) is 24.4 Å². The van der Waals surface area contributed by atoms with Gasteiger partial charge in [-0.2, -0.15) is 0 Å². The number of carbonyl (C=O) groups is 1. The molecule has 1 aromatic carbocycles. The number of rotatable bonds is 4. The Bertz CT molecular complexity index is 442. The van der Waals surface area contributed by atoms with Crippen LogP contribution in [0.3, 0.4) is 0 Å². The van der Waals surface area contributed by atoms with Gasteiger partial charge in [0.2, 0.25) is 0 Å². The number of nitrogens with two attached hydrogens (primary N) is 1. The molecule has 1 aliphatic carbocycles. The molecule has 1 aromatic rings. The van der Waals surface area contributed by atoms with E-state index in [1.807, 2.05) is 19.1 Å². The molecule has 3 N–H and O–H groups in total. The van der Waals surface area contributed by atoms with Crippen molar-refractivity contribution in [2.75, 3.05) is 12.3 Å². The van der Waals surface area contributed by atoms with Gasteiger partial charge in [-0.25, -0.2) is 0 Å². The van der Waals surface area contributed by atoms with Gasteiger partial charge in [0.05, 0.1) is 0 Å². The molecule has 0 aromatic heterocycles. The molecule has 0 atom stereocenters. The monoisotopic (exact) mass is 296 g/mol. The topological polar surface area (TPSA) is 55.1 Å². The van der Waals surface area contributed by atoms with Crippen LogP contribution in [0.25, 0.3) is 0 Å². The number of amides is 1. The van der Waals surface area contributed by atoms with Gasteiger partial charge in [0.15, 0.2) is 0 Å². The van der Waals surface area contributed by atoms with Gasteiger partial charge in [-0.3, -0.25) is 4.79 Å². The van der Waals surface area contributed by atoms with Crippen LogP contribution in [0.4, 0.5) is 5.69 Å². The molecule has 1 aliphatic rings. The van der Waals surface area contributed by atoms with Crippen molar-refractivity contribution in [3.05, 3.63) is 29.3 Å². The first-order valence-corrected chi connectivity index (χ1v) is 7.31. The number of hydrogen-bond acceptors (Lipinski definition) is 2. The minimum atomic E-state index is 0. The number of anilines is 1. The summed E-state index contributed by atoms with van der Waals surface area (Å²) < 4.78 is 0. The second-order valence-corrected chi connectivity index (χ2v) is 5.62. The van der Waals surface area contributed by atoms with E-state index in [9.17, 15) is 4.79 Å². The van der Waals surface area contributed by atoms with Gasteiger partial charge in [0.1, 0.15) is 0 Å². The zero-order chi connectivity index (χ0) is 13.7. The first kappa shape index (κ1) is 16.8. The molecule has 3 nitrogen and oxygen atoms in total. The fourth-order valence-corrected chi connectivity index (χ4v) is 2.85. The van der Waals surface area contributed by atoms with E-state index in [1.165, 1.54) is 32.1 Å². The van der Waals surface area contributed by atoms with Crippen LogP contribution in [0, 0.1) is 12.8 Å². The lowest BCUT2D eigenvalue weighted by Crippen LogP contribution is -2.27. The van der Waals surface area contributed by atoms with Crippen molar-refractivity contribution >= 4 is 24.0 Å². The zero-order valence-electron chi connectivity index (χ0n) is 12.2. The van der Waals surface area contributed by atoms with Gasteiger partial charge in [-0.1, -0.05) is 38.2 Å². The van der Waals surface area contributed by atoms with E-state index in [0.29, 0.717) is 11.3 Å². The summed E-state index contributed by atoms with van der Waals surface area (Å²) in [5.41, 5.74) is 8.05. The largest absolute Gasteiger partial charge is 0.399 e. The normalized spacial score (nSPS) is 15.4. The minimum Gasteiger partial charge on any atom is -0.399 e. The molecule has 4 heteroatoms. The van der Waals surface area contributed by atoms with E-state index in [4.69, 9.17) is 5.73 Å². The Morgan fingerprint density at radius 3 is 2.70 bits per heavy atom. The second kappa shape index (κ2) is 8.15. The highest BCUT2D eigenvalue weighted by atomic mass is 35.5. The molecule has 0 heterocycles. The highest BCUT2D eigenvalue weighted by Gasteiger charge is 2.14. The van der Waals surface area contributed by atoms with Crippen LogP contribution in [0.2, 0.25) is 0 Å². The van der Waals surface area contributed by atoms with Crippen molar-refractivity contribution in [3.63, 3.8) is 0 Å². The van der Waals surface area contributed by atoms with Crippen LogP contribution >= 0.6 is 12.4 Å². The maximum Gasteiger partial charge on any atom is 0.251 e. The predicted octanol–water partition coefficient (Wildman–Crippen LogP) is 3.70. The molecular weight excluding hydrogens is 272 g/mol. The highest BCUT2D eigenvalue weighted by Crippen LogP contribution is 2.25. The molecule has 2 rings (SSSR count). The van der Waals surface area contributed by atoms with Crippen LogP contribution in [0.15, 0.2) is 18.2 Å². The first-order chi connectivity index (χ1) is 9.16. The van der Waals surface area contributed by atoms with Crippen molar-refractivity contribution < 1.29 is 4.79 Å². The molecule has 0 aliphatic heterocycles. The van der Waals surface area contributed by atoms with Gasteiger partial charge >= 0.3 is 0 Å². The van der Waals surface area contributed by atoms with E-state index in [1.54, 1.807) is 6.07 Å². The molecule has 0 unspecified atom stereocenters. The Balaban J connectivity index is 0.00000200. The number of benzene rings is 1. The van der Waals surface area contributed by atoms with Gasteiger partial charge < -0.3 is 11.1 Å². The number of nitrogen functional groups attached to an aromatic ring is 1. The van der Waals surface area contributed by atoms with E-state index >= 15 is 0 Å². The number of halogens is 1. The quantitative estimate of drug-likeness (QED) is 0.832. The van der Waals surface area contributed by atoms with Crippen molar-refractivity contribution in [1.29, 1.82) is 0 Å². The first-order valence-electron chi connectivity index (χ1n) is 7.31. The lowest BCUT2D eigenvalue weighted by atomic mass is 9.87. The fourth-order valence-electron chi connectivity index (χ4n) is 2.85. The molecular formula is C16H25ClN2O. The van der Waals surface area contributed by atoms with Crippen LogP contribution < -0.4 is 11.1 Å². The molecule has 1 amide bonds. The molecule has 20 heavy (non-hydrogen) atoms. The van der Waals surface area contributed by atoms with Crippen LogP contribution in [-0.2, 0) is 0 Å². The van der Waals surface area contributed by atoms with Crippen LogP contribution in [0.5, 0.6) is 0 Å². The number of aryl methyl sites for hydroxylation is 1. The Morgan fingerprint density at radius 2 is 2.00 bits per heavy atom. The molecule has 112 valence electrons. The average molecular weight is 297 g/mol. The Labute approximate surface area is 127 Å². The Kier molecular flexibility index (Phi) is 6.86. The molecule has 0 saturated heterocycles. The maximum atomic E-state index is 12.1.